The third-order valence-electron chi connectivity index (χ3n) is 2.06. The molecule has 0 bridgehead atoms. The maximum Gasteiger partial charge on any atom is 0.168 e. The van der Waals surface area contributed by atoms with E-state index in [4.69, 9.17) is 14.2 Å². The van der Waals surface area contributed by atoms with E-state index in [9.17, 15) is 9.90 Å². The molecule has 0 saturated heterocycles. The number of carbonyl (C=O) groups is 1. The van der Waals surface area contributed by atoms with Crippen molar-refractivity contribution in [2.45, 2.75) is 6.10 Å². The SMILES string of the molecule is COCCOCC(O)COc1ccc(C=O)nc1. The molecule has 1 aromatic heterocycles. The molecule has 0 aliphatic carbocycles. The van der Waals surface area contributed by atoms with E-state index in [1.54, 1.807) is 19.2 Å². The number of nitrogens with zero attached hydrogens (tertiary/aromatic N) is 1. The zero-order valence-corrected chi connectivity index (χ0v) is 10.2. The van der Waals surface area contributed by atoms with Gasteiger partial charge in [0.1, 0.15) is 24.2 Å². The number of aldehydes is 1. The molecule has 1 aromatic rings. The molecule has 0 radical (unpaired) electrons. The number of hydrogen-bond acceptors (Lipinski definition) is 6. The standard InChI is InChI=1S/C12H17NO5/c1-16-4-5-17-8-11(15)9-18-12-3-2-10(7-14)13-6-12/h2-3,6-7,11,15H,4-5,8-9H2,1H3. The summed E-state index contributed by atoms with van der Waals surface area (Å²) in [5, 5.41) is 9.54. The Morgan fingerprint density at radius 3 is 2.83 bits per heavy atom. The molecule has 0 amide bonds. The lowest BCUT2D eigenvalue weighted by molar-refractivity contribution is -0.00424. The zero-order valence-electron chi connectivity index (χ0n) is 10.2. The Kier molecular flexibility index (Phi) is 6.93. The summed E-state index contributed by atoms with van der Waals surface area (Å²) in [4.78, 5) is 14.2. The number of ether oxygens (including phenoxy) is 3. The maximum atomic E-state index is 10.4. The summed E-state index contributed by atoms with van der Waals surface area (Å²) in [5.41, 5.74) is 0.339. The van der Waals surface area contributed by atoms with Crippen LogP contribution in [0.15, 0.2) is 18.3 Å². The van der Waals surface area contributed by atoms with Crippen molar-refractivity contribution < 1.29 is 24.1 Å². The molecule has 0 saturated carbocycles. The molecular weight excluding hydrogens is 238 g/mol. The van der Waals surface area contributed by atoms with Crippen LogP contribution in [-0.4, -0.2) is 56.0 Å². The van der Waals surface area contributed by atoms with Gasteiger partial charge in [0.05, 0.1) is 26.0 Å². The van der Waals surface area contributed by atoms with Crippen molar-refractivity contribution in [2.75, 3.05) is 33.5 Å². The highest BCUT2D eigenvalue weighted by Crippen LogP contribution is 2.08. The summed E-state index contributed by atoms with van der Waals surface area (Å²) in [6, 6.07) is 3.17. The smallest absolute Gasteiger partial charge is 0.168 e. The van der Waals surface area contributed by atoms with Gasteiger partial charge in [-0.15, -0.1) is 0 Å². The van der Waals surface area contributed by atoms with Crippen LogP contribution in [0.1, 0.15) is 10.5 Å². The molecule has 0 fully saturated rings. The maximum absolute atomic E-state index is 10.4. The number of pyridine rings is 1. The van der Waals surface area contributed by atoms with E-state index in [1.165, 1.54) is 6.20 Å². The second-order valence-electron chi connectivity index (χ2n) is 3.57. The molecule has 1 rings (SSSR count). The van der Waals surface area contributed by atoms with Crippen molar-refractivity contribution in [3.05, 3.63) is 24.0 Å². The molecule has 18 heavy (non-hydrogen) atoms. The lowest BCUT2D eigenvalue weighted by Crippen LogP contribution is -2.24. The number of aromatic nitrogens is 1. The van der Waals surface area contributed by atoms with Crippen molar-refractivity contribution in [3.8, 4) is 5.75 Å². The number of carbonyl (C=O) groups excluding carboxylic acids is 1. The lowest BCUT2D eigenvalue weighted by atomic mass is 10.3. The Bertz CT molecular complexity index is 341. The van der Waals surface area contributed by atoms with Crippen LogP contribution in [0, 0.1) is 0 Å². The number of aliphatic hydroxyl groups excluding tert-OH is 1. The number of aliphatic hydroxyl groups is 1. The fraction of sp³-hybridized carbons (Fsp3) is 0.500. The summed E-state index contributed by atoms with van der Waals surface area (Å²) in [5.74, 6) is 0.497. The molecule has 0 spiro atoms. The Hall–Kier alpha value is -1.50. The Morgan fingerprint density at radius 1 is 1.39 bits per heavy atom. The summed E-state index contributed by atoms with van der Waals surface area (Å²) < 4.78 is 15.2. The first-order chi connectivity index (χ1) is 8.76. The molecule has 0 aliphatic rings. The van der Waals surface area contributed by atoms with Crippen molar-refractivity contribution >= 4 is 6.29 Å². The molecule has 100 valence electrons. The van der Waals surface area contributed by atoms with Gasteiger partial charge in [0.15, 0.2) is 6.29 Å². The van der Waals surface area contributed by atoms with Crippen LogP contribution in [0.3, 0.4) is 0 Å². The molecule has 0 aliphatic heterocycles. The van der Waals surface area contributed by atoms with Gasteiger partial charge in [-0.3, -0.25) is 4.79 Å². The van der Waals surface area contributed by atoms with Crippen molar-refractivity contribution in [1.82, 2.24) is 4.98 Å². The zero-order chi connectivity index (χ0) is 13.2. The fourth-order valence-electron chi connectivity index (χ4n) is 1.15. The van der Waals surface area contributed by atoms with Crippen LogP contribution < -0.4 is 4.74 Å². The van der Waals surface area contributed by atoms with Gasteiger partial charge in [-0.1, -0.05) is 0 Å². The summed E-state index contributed by atoms with van der Waals surface area (Å²) >= 11 is 0. The number of methoxy groups -OCH3 is 1. The second kappa shape index (κ2) is 8.57. The van der Waals surface area contributed by atoms with E-state index in [0.717, 1.165) is 0 Å². The van der Waals surface area contributed by atoms with Crippen LogP contribution in [0.25, 0.3) is 0 Å². The Morgan fingerprint density at radius 2 is 2.22 bits per heavy atom. The van der Waals surface area contributed by atoms with E-state index < -0.39 is 6.10 Å². The number of rotatable bonds is 9. The Labute approximate surface area is 106 Å². The predicted molar refractivity (Wildman–Crippen MR) is 63.8 cm³/mol. The van der Waals surface area contributed by atoms with Crippen LogP contribution in [0.5, 0.6) is 5.75 Å². The molecule has 1 N–H and O–H groups in total. The van der Waals surface area contributed by atoms with Gasteiger partial charge in [0, 0.05) is 7.11 Å². The normalized spacial score (nSPS) is 12.1. The highest BCUT2D eigenvalue weighted by atomic mass is 16.5. The van der Waals surface area contributed by atoms with Gasteiger partial charge < -0.3 is 19.3 Å². The minimum atomic E-state index is -0.715. The first kappa shape index (κ1) is 14.6. The molecular formula is C12H17NO5. The average Bonchev–Trinajstić information content (AvgIpc) is 2.42. The molecule has 1 atom stereocenters. The van der Waals surface area contributed by atoms with Gasteiger partial charge in [0.25, 0.3) is 0 Å². The molecule has 6 heteroatoms. The van der Waals surface area contributed by atoms with Crippen molar-refractivity contribution in [1.29, 1.82) is 0 Å². The quantitative estimate of drug-likeness (QED) is 0.505. The van der Waals surface area contributed by atoms with Gasteiger partial charge in [-0.2, -0.15) is 0 Å². The third kappa shape index (κ3) is 5.72. The van der Waals surface area contributed by atoms with Gasteiger partial charge in [0.2, 0.25) is 0 Å². The van der Waals surface area contributed by atoms with E-state index in [-0.39, 0.29) is 13.2 Å². The van der Waals surface area contributed by atoms with E-state index in [2.05, 4.69) is 4.98 Å². The largest absolute Gasteiger partial charge is 0.489 e. The summed E-state index contributed by atoms with van der Waals surface area (Å²) in [7, 11) is 1.58. The second-order valence-corrected chi connectivity index (χ2v) is 3.57. The van der Waals surface area contributed by atoms with E-state index in [0.29, 0.717) is 30.9 Å². The monoisotopic (exact) mass is 255 g/mol. The molecule has 6 nitrogen and oxygen atoms in total. The highest BCUT2D eigenvalue weighted by Gasteiger charge is 2.05. The molecule has 1 heterocycles. The minimum absolute atomic E-state index is 0.106. The van der Waals surface area contributed by atoms with E-state index in [1.807, 2.05) is 0 Å². The first-order valence-electron chi connectivity index (χ1n) is 5.55. The lowest BCUT2D eigenvalue weighted by Gasteiger charge is -2.12. The first-order valence-corrected chi connectivity index (χ1v) is 5.55. The van der Waals surface area contributed by atoms with Crippen molar-refractivity contribution in [2.24, 2.45) is 0 Å². The minimum Gasteiger partial charge on any atom is -0.489 e. The number of hydrogen-bond donors (Lipinski definition) is 1. The topological polar surface area (TPSA) is 77.9 Å². The van der Waals surface area contributed by atoms with Gasteiger partial charge >= 0.3 is 0 Å². The van der Waals surface area contributed by atoms with Crippen molar-refractivity contribution in [3.63, 3.8) is 0 Å². The predicted octanol–water partition coefficient (Wildman–Crippen LogP) is 0.297. The highest BCUT2D eigenvalue weighted by molar-refractivity contribution is 5.71. The van der Waals surface area contributed by atoms with Crippen LogP contribution in [0.2, 0.25) is 0 Å². The van der Waals surface area contributed by atoms with E-state index >= 15 is 0 Å². The Balaban J connectivity index is 2.20. The van der Waals surface area contributed by atoms with Crippen LogP contribution in [0.4, 0.5) is 0 Å². The van der Waals surface area contributed by atoms with Gasteiger partial charge in [-0.25, -0.2) is 4.98 Å². The molecule has 0 aromatic carbocycles. The summed E-state index contributed by atoms with van der Waals surface area (Å²) in [6.45, 7) is 1.21. The fourth-order valence-corrected chi connectivity index (χ4v) is 1.15. The van der Waals surface area contributed by atoms with Crippen LogP contribution in [-0.2, 0) is 9.47 Å². The van der Waals surface area contributed by atoms with Crippen LogP contribution >= 0.6 is 0 Å². The van der Waals surface area contributed by atoms with Gasteiger partial charge in [-0.05, 0) is 12.1 Å². The molecule has 1 unspecified atom stereocenters. The summed E-state index contributed by atoms with van der Waals surface area (Å²) in [6.07, 6.45) is 1.37. The third-order valence-corrected chi connectivity index (χ3v) is 2.06. The average molecular weight is 255 g/mol.